The third kappa shape index (κ3) is 5.29. The number of rotatable bonds is 6. The Morgan fingerprint density at radius 2 is 0.871 bits per heavy atom. The molecule has 296 valence electrons. The van der Waals surface area contributed by atoms with Gasteiger partial charge in [0.2, 0.25) is 0 Å². The largest absolute Gasteiger partial charge is 0.310 e. The van der Waals surface area contributed by atoms with Crippen LogP contribution in [0.15, 0.2) is 212 Å². The van der Waals surface area contributed by atoms with E-state index in [4.69, 9.17) is 5.10 Å². The average molecular weight is 797 g/mol. The second-order valence-corrected chi connectivity index (χ2v) is 17.6. The molecule has 2 aliphatic rings. The van der Waals surface area contributed by atoms with Crippen molar-refractivity contribution in [2.24, 2.45) is 0 Å². The predicted molar refractivity (Wildman–Crippen MR) is 258 cm³/mol. The zero-order chi connectivity index (χ0) is 41.6. The molecular formula is C58H44N4. The minimum Gasteiger partial charge on any atom is -0.310 e. The second kappa shape index (κ2) is 13.7. The van der Waals surface area contributed by atoms with Gasteiger partial charge in [-0.05, 0) is 105 Å². The maximum atomic E-state index is 5.66. The molecule has 0 radical (unpaired) electrons. The fraction of sp³-hybridized carbons (Fsp3) is 0.0862. The van der Waals surface area contributed by atoms with Crippen molar-refractivity contribution in [1.29, 1.82) is 0 Å². The molecule has 2 heterocycles. The number of para-hydroxylation sites is 2. The number of aromatic nitrogens is 2. The minimum absolute atomic E-state index is 0.154. The summed E-state index contributed by atoms with van der Waals surface area (Å²) in [6, 6.07) is 77.7. The zero-order valence-corrected chi connectivity index (χ0v) is 35.0. The smallest absolute Gasteiger partial charge is 0.140 e. The quantitative estimate of drug-likeness (QED) is 0.167. The Labute approximate surface area is 362 Å². The van der Waals surface area contributed by atoms with Crippen molar-refractivity contribution in [3.8, 4) is 22.4 Å². The molecule has 4 heteroatoms. The molecule has 62 heavy (non-hydrogen) atoms. The maximum Gasteiger partial charge on any atom is 0.140 e. The summed E-state index contributed by atoms with van der Waals surface area (Å²) in [5.74, 6) is 0. The van der Waals surface area contributed by atoms with E-state index in [1.165, 1.54) is 54.9 Å². The van der Waals surface area contributed by atoms with Crippen molar-refractivity contribution in [3.05, 3.63) is 235 Å². The fourth-order valence-corrected chi connectivity index (χ4v) is 10.2. The first kappa shape index (κ1) is 36.2. The number of fused-ring (bicyclic) bond motifs is 12. The molecule has 12 rings (SSSR count). The third-order valence-corrected chi connectivity index (χ3v) is 13.0. The van der Waals surface area contributed by atoms with Gasteiger partial charge in [0, 0.05) is 44.5 Å². The van der Waals surface area contributed by atoms with Gasteiger partial charge in [-0.1, -0.05) is 166 Å². The van der Waals surface area contributed by atoms with Gasteiger partial charge in [0.15, 0.2) is 0 Å². The highest BCUT2D eigenvalue weighted by Crippen LogP contribution is 2.61. The van der Waals surface area contributed by atoms with Gasteiger partial charge in [0.1, 0.15) is 5.54 Å². The molecule has 0 saturated carbocycles. The van der Waals surface area contributed by atoms with E-state index in [1.54, 1.807) is 0 Å². The van der Waals surface area contributed by atoms with E-state index in [1.807, 2.05) is 0 Å². The first-order valence-electron chi connectivity index (χ1n) is 21.6. The van der Waals surface area contributed by atoms with E-state index in [2.05, 4.69) is 248 Å². The summed E-state index contributed by atoms with van der Waals surface area (Å²) in [5.41, 5.74) is 15.3. The highest BCUT2D eigenvalue weighted by Gasteiger charge is 2.54. The molecule has 9 aromatic carbocycles. The number of anilines is 6. The monoisotopic (exact) mass is 796 g/mol. The van der Waals surface area contributed by atoms with Crippen LogP contribution >= 0.6 is 0 Å². The minimum atomic E-state index is -0.756. The van der Waals surface area contributed by atoms with Crippen molar-refractivity contribution in [2.75, 3.05) is 9.80 Å². The van der Waals surface area contributed by atoms with E-state index in [0.29, 0.717) is 0 Å². The van der Waals surface area contributed by atoms with Crippen molar-refractivity contribution >= 4 is 55.7 Å². The highest BCUT2D eigenvalue weighted by atomic mass is 15.4. The molecule has 4 nitrogen and oxygen atoms in total. The molecule has 0 unspecified atom stereocenters. The van der Waals surface area contributed by atoms with Crippen molar-refractivity contribution in [2.45, 2.75) is 31.7 Å². The Hall–Kier alpha value is -7.69. The standard InChI is InChI=1S/C58H44N4/c1-57(2,3)56-38-55-49-28-14-15-29-50(49)58(62(55)59-56)51-36-43(60(41-22-6-4-7-23-41)53-30-16-20-39-18-10-12-26-45(39)53)32-34-47(51)48-35-33-44(37-52(48)58)61(42-24-8-5-9-25-42)54-31-17-21-40-19-11-13-27-46(40)54/h4-38H,1-3H3. The summed E-state index contributed by atoms with van der Waals surface area (Å²) in [7, 11) is 0. The Morgan fingerprint density at radius 3 is 1.40 bits per heavy atom. The summed E-state index contributed by atoms with van der Waals surface area (Å²) in [4.78, 5) is 4.85. The molecule has 10 aromatic rings. The van der Waals surface area contributed by atoms with E-state index in [-0.39, 0.29) is 5.41 Å². The van der Waals surface area contributed by atoms with Crippen LogP contribution in [0.5, 0.6) is 0 Å². The van der Waals surface area contributed by atoms with Crippen LogP contribution in [0.25, 0.3) is 43.9 Å². The van der Waals surface area contributed by atoms with E-state index >= 15 is 0 Å². The molecule has 1 aromatic heterocycles. The number of hydrogen-bond donors (Lipinski definition) is 0. The highest BCUT2D eigenvalue weighted by molar-refractivity contribution is 6.02. The molecule has 0 atom stereocenters. The lowest BCUT2D eigenvalue weighted by Crippen LogP contribution is -2.34. The Bertz CT molecular complexity index is 3170. The molecule has 0 amide bonds. The Kier molecular flexibility index (Phi) is 7.98. The molecule has 1 aliphatic carbocycles. The third-order valence-electron chi connectivity index (χ3n) is 13.0. The van der Waals surface area contributed by atoms with Gasteiger partial charge in [-0.2, -0.15) is 5.10 Å². The van der Waals surface area contributed by atoms with Crippen molar-refractivity contribution in [3.63, 3.8) is 0 Å². The summed E-state index contributed by atoms with van der Waals surface area (Å²) >= 11 is 0. The molecule has 0 N–H and O–H groups in total. The van der Waals surface area contributed by atoms with Crippen LogP contribution in [0.2, 0.25) is 0 Å². The lowest BCUT2D eigenvalue weighted by Gasteiger charge is -2.33. The van der Waals surface area contributed by atoms with Gasteiger partial charge < -0.3 is 9.80 Å². The SMILES string of the molecule is CC(C)(C)c1cc2n(n1)C1(c3cc(N(c4ccccc4)c4cccc5ccccc45)ccc3-c3ccc(N(c4ccccc4)c4cccc5ccccc45)cc31)c1ccccc1-2. The van der Waals surface area contributed by atoms with E-state index < -0.39 is 5.54 Å². The van der Waals surface area contributed by atoms with Gasteiger partial charge in [-0.15, -0.1) is 0 Å². The second-order valence-electron chi connectivity index (χ2n) is 17.6. The average Bonchev–Trinajstić information content (AvgIpc) is 3.97. The molecule has 1 aliphatic heterocycles. The van der Waals surface area contributed by atoms with Gasteiger partial charge in [0.25, 0.3) is 0 Å². The van der Waals surface area contributed by atoms with E-state index in [0.717, 1.165) is 45.5 Å². The van der Waals surface area contributed by atoms with Crippen LogP contribution in [0, 0.1) is 0 Å². The fourth-order valence-electron chi connectivity index (χ4n) is 10.2. The summed E-state index contributed by atoms with van der Waals surface area (Å²) in [6.07, 6.45) is 0. The first-order chi connectivity index (χ1) is 30.4. The van der Waals surface area contributed by atoms with Gasteiger partial charge >= 0.3 is 0 Å². The summed E-state index contributed by atoms with van der Waals surface area (Å²) in [5, 5.41) is 10.5. The summed E-state index contributed by atoms with van der Waals surface area (Å²) < 4.78 is 2.37. The molecule has 0 saturated heterocycles. The van der Waals surface area contributed by atoms with Crippen LogP contribution in [0.3, 0.4) is 0 Å². The Balaban J connectivity index is 1.16. The lowest BCUT2D eigenvalue weighted by atomic mass is 9.80. The van der Waals surface area contributed by atoms with Crippen LogP contribution in [-0.2, 0) is 11.0 Å². The number of nitrogens with zero attached hydrogens (tertiary/aromatic N) is 4. The lowest BCUT2D eigenvalue weighted by molar-refractivity contribution is 0.469. The van der Waals surface area contributed by atoms with Gasteiger partial charge in [0.05, 0.1) is 22.8 Å². The number of hydrogen-bond acceptors (Lipinski definition) is 3. The molecule has 0 fully saturated rings. The molecule has 1 spiro atoms. The van der Waals surface area contributed by atoms with Gasteiger partial charge in [-0.3, -0.25) is 0 Å². The first-order valence-corrected chi connectivity index (χ1v) is 21.6. The normalized spacial score (nSPS) is 13.2. The van der Waals surface area contributed by atoms with Crippen LogP contribution in [0.1, 0.15) is 43.2 Å². The van der Waals surface area contributed by atoms with Crippen LogP contribution in [0.4, 0.5) is 34.1 Å². The molecule has 0 bridgehead atoms. The van der Waals surface area contributed by atoms with Crippen LogP contribution < -0.4 is 9.80 Å². The molecular weight excluding hydrogens is 753 g/mol. The summed E-state index contributed by atoms with van der Waals surface area (Å²) in [6.45, 7) is 6.79. The predicted octanol–water partition coefficient (Wildman–Crippen LogP) is 15.2. The van der Waals surface area contributed by atoms with E-state index in [9.17, 15) is 0 Å². The maximum absolute atomic E-state index is 5.66. The Morgan fingerprint density at radius 1 is 0.403 bits per heavy atom. The van der Waals surface area contributed by atoms with Crippen LogP contribution in [-0.4, -0.2) is 9.78 Å². The van der Waals surface area contributed by atoms with Crippen molar-refractivity contribution < 1.29 is 0 Å². The zero-order valence-electron chi connectivity index (χ0n) is 35.0. The van der Waals surface area contributed by atoms with Gasteiger partial charge in [-0.25, -0.2) is 4.68 Å². The number of benzene rings is 9. The topological polar surface area (TPSA) is 24.3 Å². The van der Waals surface area contributed by atoms with Crippen molar-refractivity contribution in [1.82, 2.24) is 9.78 Å².